The van der Waals surface area contributed by atoms with Crippen LogP contribution in [0.5, 0.6) is 11.5 Å². The van der Waals surface area contributed by atoms with Crippen molar-refractivity contribution in [1.82, 2.24) is 5.43 Å². The summed E-state index contributed by atoms with van der Waals surface area (Å²) in [7, 11) is 1.42. The average molecular weight is 398 g/mol. The highest BCUT2D eigenvalue weighted by Gasteiger charge is 2.23. The summed E-state index contributed by atoms with van der Waals surface area (Å²) in [4.78, 5) is 25.2. The Morgan fingerprint density at radius 2 is 2.11 bits per heavy atom. The molecule has 0 atom stereocenters. The number of phenolic OH excluding ortho intramolecular Hbond substituents is 1. The number of aryl methyl sites for hydroxylation is 1. The van der Waals surface area contributed by atoms with Crippen molar-refractivity contribution in [1.29, 1.82) is 5.26 Å². The lowest BCUT2D eigenvalue weighted by Gasteiger charge is -2.09. The lowest BCUT2D eigenvalue weighted by molar-refractivity contribution is -0.136. The normalized spacial score (nSPS) is 12.9. The Balaban J connectivity index is 1.65. The summed E-state index contributed by atoms with van der Waals surface area (Å²) >= 11 is 1.34. The fourth-order valence-corrected chi connectivity index (χ4v) is 4.19. The number of aromatic hydroxyl groups is 1. The average Bonchev–Trinajstić information content (AvgIpc) is 3.06. The largest absolute Gasteiger partial charge is 0.504 e. The van der Waals surface area contributed by atoms with Gasteiger partial charge in [0.15, 0.2) is 11.5 Å². The zero-order valence-electron chi connectivity index (χ0n) is 15.1. The monoisotopic (exact) mass is 398 g/mol. The highest BCUT2D eigenvalue weighted by atomic mass is 32.1. The Bertz CT molecular complexity index is 991. The molecule has 0 saturated heterocycles. The molecule has 9 heteroatoms. The van der Waals surface area contributed by atoms with Gasteiger partial charge in [-0.25, -0.2) is 5.43 Å². The van der Waals surface area contributed by atoms with Gasteiger partial charge in [0.25, 0.3) is 0 Å². The Kier molecular flexibility index (Phi) is 5.91. The van der Waals surface area contributed by atoms with Crippen LogP contribution in [0.4, 0.5) is 5.00 Å². The number of benzene rings is 1. The third-order valence-electron chi connectivity index (χ3n) is 4.34. The van der Waals surface area contributed by atoms with Gasteiger partial charge in [0.1, 0.15) is 11.1 Å². The number of rotatable bonds is 4. The third kappa shape index (κ3) is 3.97. The van der Waals surface area contributed by atoms with Crippen molar-refractivity contribution in [2.75, 3.05) is 12.4 Å². The number of hydrogen-bond acceptors (Lipinski definition) is 7. The molecule has 0 bridgehead atoms. The van der Waals surface area contributed by atoms with Crippen molar-refractivity contribution in [3.8, 4) is 17.6 Å². The van der Waals surface area contributed by atoms with E-state index >= 15 is 0 Å². The standard InChI is InChI=1S/C19H18N4O4S/c1-27-14-7-4-5-11(16(14)24)10-21-23-18(26)17(25)22-19-13(9-20)12-6-2-3-8-15(12)28-19/h4-5,7,10,24H,2-3,6,8H2,1H3,(H,22,25)(H,23,26)/b21-10-. The zero-order chi connectivity index (χ0) is 20.1. The summed E-state index contributed by atoms with van der Waals surface area (Å²) in [6.45, 7) is 0. The number of hydrazone groups is 1. The molecule has 1 aliphatic carbocycles. The van der Waals surface area contributed by atoms with Crippen LogP contribution < -0.4 is 15.5 Å². The fraction of sp³-hybridized carbons (Fsp3) is 0.263. The van der Waals surface area contributed by atoms with Gasteiger partial charge >= 0.3 is 11.8 Å². The number of thiophene rings is 1. The van der Waals surface area contributed by atoms with Crippen LogP contribution in [-0.2, 0) is 22.4 Å². The van der Waals surface area contributed by atoms with Crippen molar-refractivity contribution in [3.05, 3.63) is 39.8 Å². The van der Waals surface area contributed by atoms with Crippen LogP contribution in [-0.4, -0.2) is 30.2 Å². The number of carbonyl (C=O) groups is 2. The molecule has 0 aliphatic heterocycles. The minimum atomic E-state index is -0.978. The molecule has 1 aliphatic rings. The maximum atomic E-state index is 12.1. The van der Waals surface area contributed by atoms with E-state index in [1.807, 2.05) is 0 Å². The number of carbonyl (C=O) groups excluding carboxylic acids is 2. The quantitative estimate of drug-likeness (QED) is 0.414. The van der Waals surface area contributed by atoms with Gasteiger partial charge in [-0.3, -0.25) is 9.59 Å². The molecule has 2 amide bonds. The molecule has 144 valence electrons. The van der Waals surface area contributed by atoms with E-state index in [-0.39, 0.29) is 11.5 Å². The predicted molar refractivity (Wildman–Crippen MR) is 105 cm³/mol. The number of anilines is 1. The summed E-state index contributed by atoms with van der Waals surface area (Å²) in [6.07, 6.45) is 4.96. The maximum Gasteiger partial charge on any atom is 0.329 e. The number of phenols is 1. The van der Waals surface area contributed by atoms with Crippen LogP contribution in [0.2, 0.25) is 0 Å². The summed E-state index contributed by atoms with van der Waals surface area (Å²) in [6, 6.07) is 6.92. The minimum absolute atomic E-state index is 0.129. The van der Waals surface area contributed by atoms with E-state index in [0.29, 0.717) is 16.1 Å². The number of hydrogen-bond donors (Lipinski definition) is 3. The smallest absolute Gasteiger partial charge is 0.329 e. The van der Waals surface area contributed by atoms with Crippen molar-refractivity contribution in [2.24, 2.45) is 5.10 Å². The molecule has 0 radical (unpaired) electrons. The molecule has 1 aromatic carbocycles. The molecular weight excluding hydrogens is 380 g/mol. The summed E-state index contributed by atoms with van der Waals surface area (Å²) in [5, 5.41) is 25.9. The molecule has 1 aromatic heterocycles. The van der Waals surface area contributed by atoms with Crippen LogP contribution >= 0.6 is 11.3 Å². The van der Waals surface area contributed by atoms with Crippen LogP contribution in [0.25, 0.3) is 0 Å². The van der Waals surface area contributed by atoms with Crippen molar-refractivity contribution >= 4 is 34.4 Å². The summed E-state index contributed by atoms with van der Waals surface area (Å²) in [5.41, 5.74) is 3.83. The van der Waals surface area contributed by atoms with Crippen LogP contribution in [0.15, 0.2) is 23.3 Å². The molecule has 2 aromatic rings. The molecule has 1 heterocycles. The Hall–Kier alpha value is -3.38. The predicted octanol–water partition coefficient (Wildman–Crippen LogP) is 2.30. The number of nitrogens with one attached hydrogen (secondary N) is 2. The first-order valence-electron chi connectivity index (χ1n) is 8.60. The fourth-order valence-electron chi connectivity index (χ4n) is 2.95. The highest BCUT2D eigenvalue weighted by molar-refractivity contribution is 7.16. The molecule has 28 heavy (non-hydrogen) atoms. The van der Waals surface area contributed by atoms with E-state index in [2.05, 4.69) is 21.9 Å². The molecular formula is C19H18N4O4S. The van der Waals surface area contributed by atoms with E-state index in [9.17, 15) is 20.0 Å². The Labute approximate surface area is 165 Å². The lowest BCUT2D eigenvalue weighted by Crippen LogP contribution is -2.32. The molecule has 8 nitrogen and oxygen atoms in total. The van der Waals surface area contributed by atoms with Gasteiger partial charge in [-0.05, 0) is 43.4 Å². The second kappa shape index (κ2) is 8.54. The van der Waals surface area contributed by atoms with Gasteiger partial charge in [-0.2, -0.15) is 10.4 Å². The van der Waals surface area contributed by atoms with Gasteiger partial charge < -0.3 is 15.2 Å². The maximum absolute atomic E-state index is 12.1. The Morgan fingerprint density at radius 3 is 2.86 bits per heavy atom. The van der Waals surface area contributed by atoms with E-state index in [1.165, 1.54) is 24.7 Å². The van der Waals surface area contributed by atoms with E-state index in [4.69, 9.17) is 4.74 Å². The molecule has 0 spiro atoms. The second-order valence-electron chi connectivity index (χ2n) is 6.08. The third-order valence-corrected chi connectivity index (χ3v) is 5.54. The number of amides is 2. The molecule has 0 saturated carbocycles. The number of nitrogens with zero attached hydrogens (tertiary/aromatic N) is 2. The van der Waals surface area contributed by atoms with Crippen molar-refractivity contribution in [2.45, 2.75) is 25.7 Å². The first kappa shape index (κ1) is 19.4. The van der Waals surface area contributed by atoms with Gasteiger partial charge in [0.2, 0.25) is 0 Å². The first-order chi connectivity index (χ1) is 13.5. The number of fused-ring (bicyclic) bond motifs is 1. The number of methoxy groups -OCH3 is 1. The van der Waals surface area contributed by atoms with Gasteiger partial charge in [0.05, 0.1) is 18.9 Å². The van der Waals surface area contributed by atoms with Crippen LogP contribution in [0.1, 0.15) is 34.4 Å². The summed E-state index contributed by atoms with van der Waals surface area (Å²) < 4.78 is 4.99. The summed E-state index contributed by atoms with van der Waals surface area (Å²) in [5.74, 6) is -1.76. The number of ether oxygens (including phenoxy) is 1. The lowest BCUT2D eigenvalue weighted by atomic mass is 9.96. The number of nitriles is 1. The second-order valence-corrected chi connectivity index (χ2v) is 7.18. The minimum Gasteiger partial charge on any atom is -0.504 e. The molecule has 3 N–H and O–H groups in total. The zero-order valence-corrected chi connectivity index (χ0v) is 15.9. The number of para-hydroxylation sites is 1. The first-order valence-corrected chi connectivity index (χ1v) is 9.41. The molecule has 3 rings (SSSR count). The van der Waals surface area contributed by atoms with E-state index in [1.54, 1.807) is 18.2 Å². The van der Waals surface area contributed by atoms with Gasteiger partial charge in [-0.15, -0.1) is 11.3 Å². The van der Waals surface area contributed by atoms with Crippen LogP contribution in [0.3, 0.4) is 0 Å². The SMILES string of the molecule is COc1cccc(/C=N\NC(=O)C(=O)Nc2sc3c(c2C#N)CCCC3)c1O. The van der Waals surface area contributed by atoms with Crippen molar-refractivity contribution < 1.29 is 19.4 Å². The molecule has 0 unspecified atom stereocenters. The van der Waals surface area contributed by atoms with Gasteiger partial charge in [-0.1, -0.05) is 6.07 Å². The molecule has 0 fully saturated rings. The van der Waals surface area contributed by atoms with E-state index < -0.39 is 11.8 Å². The topological polar surface area (TPSA) is 124 Å². The van der Waals surface area contributed by atoms with Crippen LogP contribution in [0, 0.1) is 11.3 Å². The van der Waals surface area contributed by atoms with Crippen molar-refractivity contribution in [3.63, 3.8) is 0 Å². The van der Waals surface area contributed by atoms with Gasteiger partial charge in [0, 0.05) is 10.4 Å². The Morgan fingerprint density at radius 1 is 1.32 bits per heavy atom. The highest BCUT2D eigenvalue weighted by Crippen LogP contribution is 2.37. The van der Waals surface area contributed by atoms with E-state index in [0.717, 1.165) is 36.1 Å².